The smallest absolute Gasteiger partial charge is 0.337 e. The molecule has 4 rings (SSSR count). The van der Waals surface area contributed by atoms with Gasteiger partial charge in [0.25, 0.3) is 0 Å². The maximum absolute atomic E-state index is 13.6. The number of nitrogens with one attached hydrogen (secondary N) is 2. The van der Waals surface area contributed by atoms with E-state index < -0.39 is 17.9 Å². The van der Waals surface area contributed by atoms with E-state index in [4.69, 9.17) is 23.7 Å². The van der Waals surface area contributed by atoms with Gasteiger partial charge in [0.05, 0.1) is 45.5 Å². The van der Waals surface area contributed by atoms with E-state index >= 15 is 0 Å². The van der Waals surface area contributed by atoms with Crippen molar-refractivity contribution in [1.82, 2.24) is 15.3 Å². The van der Waals surface area contributed by atoms with E-state index in [-0.39, 0.29) is 17.8 Å². The number of rotatable bonds is 11. The van der Waals surface area contributed by atoms with Crippen LogP contribution in [0.3, 0.4) is 0 Å². The number of carbonyl (C=O) groups is 2. The molecule has 0 fully saturated rings. The SMILES string of the molecule is COC(=O)C1=C(C)NC(C)=C(C(=O)OCC=Cc2ccc(Cc3ncc[nH]3)cc2)C1c1ccc(OC)c(OC)c1OC. The minimum absolute atomic E-state index is 0.0236. The summed E-state index contributed by atoms with van der Waals surface area (Å²) in [6, 6.07) is 11.5. The van der Waals surface area contributed by atoms with Crippen LogP contribution in [0.2, 0.25) is 0 Å². The Bertz CT molecular complexity index is 1520. The first-order valence-electron chi connectivity index (χ1n) is 13.3. The van der Waals surface area contributed by atoms with E-state index in [1.165, 1.54) is 28.4 Å². The minimum Gasteiger partial charge on any atom is -0.493 e. The van der Waals surface area contributed by atoms with Crippen molar-refractivity contribution in [2.75, 3.05) is 35.0 Å². The Morgan fingerprint density at radius 1 is 0.881 bits per heavy atom. The number of ether oxygens (including phenoxy) is 5. The van der Waals surface area contributed by atoms with Crippen molar-refractivity contribution in [1.29, 1.82) is 0 Å². The van der Waals surface area contributed by atoms with Crippen LogP contribution in [0.5, 0.6) is 17.2 Å². The highest BCUT2D eigenvalue weighted by Crippen LogP contribution is 2.48. The van der Waals surface area contributed by atoms with Gasteiger partial charge in [0.2, 0.25) is 5.75 Å². The summed E-state index contributed by atoms with van der Waals surface area (Å²) in [4.78, 5) is 34.0. The molecule has 1 aliphatic heterocycles. The lowest BCUT2D eigenvalue weighted by Crippen LogP contribution is -2.32. The van der Waals surface area contributed by atoms with Crippen LogP contribution in [0.15, 0.2) is 77.4 Å². The van der Waals surface area contributed by atoms with E-state index in [1.54, 1.807) is 44.4 Å². The first-order chi connectivity index (χ1) is 20.3. The van der Waals surface area contributed by atoms with Crippen molar-refractivity contribution in [3.05, 3.63) is 99.9 Å². The topological polar surface area (TPSA) is 121 Å². The summed E-state index contributed by atoms with van der Waals surface area (Å²) in [5.74, 6) is -0.0311. The Morgan fingerprint density at radius 2 is 1.57 bits per heavy atom. The van der Waals surface area contributed by atoms with Crippen LogP contribution < -0.4 is 19.5 Å². The highest BCUT2D eigenvalue weighted by Gasteiger charge is 2.40. The van der Waals surface area contributed by atoms with Crippen LogP contribution >= 0.6 is 0 Å². The van der Waals surface area contributed by atoms with E-state index in [9.17, 15) is 9.59 Å². The quantitative estimate of drug-likeness (QED) is 0.315. The fraction of sp³-hybridized carbons (Fsp3) is 0.281. The summed E-state index contributed by atoms with van der Waals surface area (Å²) in [7, 11) is 5.79. The summed E-state index contributed by atoms with van der Waals surface area (Å²) in [6.45, 7) is 3.53. The number of hydrogen-bond acceptors (Lipinski definition) is 9. The van der Waals surface area contributed by atoms with Gasteiger partial charge in [0.1, 0.15) is 12.4 Å². The molecule has 0 bridgehead atoms. The number of H-pyrrole nitrogens is 1. The lowest BCUT2D eigenvalue weighted by atomic mass is 9.79. The molecule has 1 unspecified atom stereocenters. The van der Waals surface area contributed by atoms with Crippen LogP contribution in [0.25, 0.3) is 6.08 Å². The zero-order chi connectivity index (χ0) is 30.2. The highest BCUT2D eigenvalue weighted by atomic mass is 16.5. The monoisotopic (exact) mass is 573 g/mol. The zero-order valence-corrected chi connectivity index (χ0v) is 24.6. The van der Waals surface area contributed by atoms with E-state index in [0.717, 1.165) is 17.0 Å². The average Bonchev–Trinajstić information content (AvgIpc) is 3.51. The van der Waals surface area contributed by atoms with Gasteiger partial charge in [0.15, 0.2) is 11.5 Å². The van der Waals surface area contributed by atoms with Crippen molar-refractivity contribution >= 4 is 18.0 Å². The fourth-order valence-corrected chi connectivity index (χ4v) is 5.03. The third kappa shape index (κ3) is 6.33. The number of methoxy groups -OCH3 is 4. The summed E-state index contributed by atoms with van der Waals surface area (Å²) in [5.41, 5.74) is 4.21. The van der Waals surface area contributed by atoms with Crippen molar-refractivity contribution in [3.8, 4) is 17.2 Å². The van der Waals surface area contributed by atoms with Gasteiger partial charge in [0, 0.05) is 35.8 Å². The maximum atomic E-state index is 13.6. The molecule has 1 atom stereocenters. The molecule has 0 spiro atoms. The Labute approximate surface area is 245 Å². The number of benzene rings is 2. The lowest BCUT2D eigenvalue weighted by molar-refractivity contribution is -0.138. The second-order valence-electron chi connectivity index (χ2n) is 9.51. The normalized spacial score (nSPS) is 15.0. The molecular formula is C32H35N3O7. The Balaban J connectivity index is 1.58. The summed E-state index contributed by atoms with van der Waals surface area (Å²) in [5, 5.41) is 3.14. The lowest BCUT2D eigenvalue weighted by Gasteiger charge is -2.31. The maximum Gasteiger partial charge on any atom is 0.337 e. The molecule has 0 amide bonds. The molecule has 0 radical (unpaired) electrons. The molecule has 10 nitrogen and oxygen atoms in total. The number of esters is 2. The van der Waals surface area contributed by atoms with Gasteiger partial charge in [-0.3, -0.25) is 0 Å². The van der Waals surface area contributed by atoms with Gasteiger partial charge >= 0.3 is 11.9 Å². The fourth-order valence-electron chi connectivity index (χ4n) is 5.03. The summed E-state index contributed by atoms with van der Waals surface area (Å²) in [6.07, 6.45) is 7.89. The molecule has 1 aromatic heterocycles. The van der Waals surface area contributed by atoms with Gasteiger partial charge in [-0.15, -0.1) is 0 Å². The van der Waals surface area contributed by atoms with Crippen LogP contribution in [0.1, 0.15) is 42.3 Å². The highest BCUT2D eigenvalue weighted by molar-refractivity contribution is 6.00. The molecule has 3 aromatic rings. The van der Waals surface area contributed by atoms with Crippen LogP contribution in [0, 0.1) is 0 Å². The standard InChI is InChI=1S/C32H35N3O7/c1-19-26(31(36)41-6)28(23-13-14-24(38-3)30(40-5)29(23)39-4)27(20(2)35-19)32(37)42-17-7-8-21-9-11-22(12-10-21)18-25-33-15-16-34-25/h7-16,28,35H,17-18H2,1-6H3,(H,33,34). The van der Waals surface area contributed by atoms with Gasteiger partial charge in [-0.1, -0.05) is 36.4 Å². The number of hydrogen-bond donors (Lipinski definition) is 2. The molecule has 0 aliphatic carbocycles. The molecule has 0 saturated carbocycles. The van der Waals surface area contributed by atoms with Crippen molar-refractivity contribution in [2.24, 2.45) is 0 Å². The van der Waals surface area contributed by atoms with E-state index in [1.807, 2.05) is 30.3 Å². The predicted octanol–water partition coefficient (Wildman–Crippen LogP) is 4.69. The van der Waals surface area contributed by atoms with Crippen molar-refractivity contribution in [2.45, 2.75) is 26.2 Å². The van der Waals surface area contributed by atoms with Crippen LogP contribution in [-0.2, 0) is 25.5 Å². The number of carbonyl (C=O) groups excluding carboxylic acids is 2. The number of aromatic nitrogens is 2. The molecule has 220 valence electrons. The zero-order valence-electron chi connectivity index (χ0n) is 24.6. The van der Waals surface area contributed by atoms with Gasteiger partial charge in [-0.2, -0.15) is 0 Å². The molecule has 2 aromatic carbocycles. The number of aromatic amines is 1. The van der Waals surface area contributed by atoms with Crippen LogP contribution in [-0.4, -0.2) is 57.0 Å². The average molecular weight is 574 g/mol. The van der Waals surface area contributed by atoms with E-state index in [0.29, 0.717) is 40.6 Å². The largest absolute Gasteiger partial charge is 0.493 e. The molecule has 0 saturated heterocycles. The van der Waals surface area contributed by atoms with Crippen molar-refractivity contribution in [3.63, 3.8) is 0 Å². The molecule has 10 heteroatoms. The summed E-state index contributed by atoms with van der Waals surface area (Å²) >= 11 is 0. The molecule has 2 N–H and O–H groups in total. The Hall–Kier alpha value is -4.99. The number of dihydropyridines is 1. The molecule has 2 heterocycles. The summed E-state index contributed by atoms with van der Waals surface area (Å²) < 4.78 is 27.5. The van der Waals surface area contributed by atoms with Gasteiger partial charge in [-0.25, -0.2) is 14.6 Å². The Morgan fingerprint density at radius 3 is 2.17 bits per heavy atom. The first-order valence-corrected chi connectivity index (χ1v) is 13.3. The number of nitrogens with zero attached hydrogens (tertiary/aromatic N) is 1. The second-order valence-corrected chi connectivity index (χ2v) is 9.51. The third-order valence-electron chi connectivity index (χ3n) is 6.96. The minimum atomic E-state index is -0.855. The Kier molecular flexibility index (Phi) is 9.69. The molecular weight excluding hydrogens is 538 g/mol. The third-order valence-corrected chi connectivity index (χ3v) is 6.96. The second kappa shape index (κ2) is 13.6. The van der Waals surface area contributed by atoms with Gasteiger partial charge < -0.3 is 34.0 Å². The van der Waals surface area contributed by atoms with E-state index in [2.05, 4.69) is 15.3 Å². The predicted molar refractivity (Wildman–Crippen MR) is 157 cm³/mol. The molecule has 42 heavy (non-hydrogen) atoms. The number of imidazole rings is 1. The van der Waals surface area contributed by atoms with Crippen molar-refractivity contribution < 1.29 is 33.3 Å². The number of allylic oxidation sites excluding steroid dienone is 2. The van der Waals surface area contributed by atoms with Gasteiger partial charge in [-0.05, 0) is 37.1 Å². The molecule has 1 aliphatic rings. The first kappa shape index (κ1) is 30.0. The van der Waals surface area contributed by atoms with Crippen LogP contribution in [0.4, 0.5) is 0 Å².